The van der Waals surface area contributed by atoms with E-state index in [0.717, 1.165) is 28.2 Å². The summed E-state index contributed by atoms with van der Waals surface area (Å²) in [6, 6.07) is 12.5. The zero-order chi connectivity index (χ0) is 12.8. The molecule has 0 radical (unpaired) electrons. The van der Waals surface area contributed by atoms with E-state index in [2.05, 4.69) is 47.2 Å². The highest BCUT2D eigenvalue weighted by Crippen LogP contribution is 2.39. The zero-order valence-electron chi connectivity index (χ0n) is 10.9. The Kier molecular flexibility index (Phi) is 2.21. The molecule has 1 fully saturated rings. The Bertz CT molecular complexity index is 745. The number of benzene rings is 1. The quantitative estimate of drug-likeness (QED) is 0.746. The number of nitrogens with one attached hydrogen (secondary N) is 1. The summed E-state index contributed by atoms with van der Waals surface area (Å²) in [6.45, 7) is 2.06. The summed E-state index contributed by atoms with van der Waals surface area (Å²) < 4.78 is 0. The molecule has 0 saturated heterocycles. The summed E-state index contributed by atoms with van der Waals surface area (Å²) in [6.07, 6.45) is 2.47. The van der Waals surface area contributed by atoms with Crippen LogP contribution in [0.1, 0.15) is 31.7 Å². The van der Waals surface area contributed by atoms with Crippen LogP contribution in [0.2, 0.25) is 0 Å². The first kappa shape index (κ1) is 10.7. The van der Waals surface area contributed by atoms with Gasteiger partial charge in [0.2, 0.25) is 0 Å². The molecular weight excluding hydrogens is 234 g/mol. The van der Waals surface area contributed by atoms with Gasteiger partial charge in [0, 0.05) is 13.0 Å². The number of hydrogen-bond acceptors (Lipinski definition) is 2. The molecule has 1 N–H and O–H groups in total. The first-order chi connectivity index (χ1) is 9.31. The van der Waals surface area contributed by atoms with Crippen LogP contribution in [0.25, 0.3) is 22.3 Å². The maximum atomic E-state index is 4.70. The predicted octanol–water partition coefficient (Wildman–Crippen LogP) is 4.06. The molecule has 3 aromatic rings. The number of rotatable bonds is 2. The highest BCUT2D eigenvalue weighted by molar-refractivity contribution is 5.84. The second kappa shape index (κ2) is 3.92. The maximum Gasteiger partial charge on any atom is 0.132 e. The van der Waals surface area contributed by atoms with Crippen LogP contribution in [0, 0.1) is 6.92 Å². The molecule has 19 heavy (non-hydrogen) atoms. The van der Waals surface area contributed by atoms with Crippen LogP contribution in [0.5, 0.6) is 0 Å². The van der Waals surface area contributed by atoms with E-state index in [4.69, 9.17) is 4.98 Å². The molecule has 96 valence electrons. The Hall–Kier alpha value is -2.16. The Morgan fingerprint density at radius 1 is 1.16 bits per heavy atom. The number of nitrogens with zero attached hydrogens (tertiary/aromatic N) is 2. The number of aromatic nitrogens is 3. The van der Waals surface area contributed by atoms with Crippen LogP contribution in [0.4, 0.5) is 0 Å². The molecule has 0 spiro atoms. The molecule has 0 amide bonds. The molecule has 2 heterocycles. The fourth-order valence-corrected chi connectivity index (χ4v) is 2.48. The number of aromatic amines is 1. The second-order valence-corrected chi connectivity index (χ2v) is 5.25. The van der Waals surface area contributed by atoms with Gasteiger partial charge in [-0.3, -0.25) is 0 Å². The van der Waals surface area contributed by atoms with Crippen LogP contribution >= 0.6 is 0 Å². The van der Waals surface area contributed by atoms with Crippen LogP contribution in [-0.2, 0) is 0 Å². The van der Waals surface area contributed by atoms with Gasteiger partial charge in [0.1, 0.15) is 5.82 Å². The Morgan fingerprint density at radius 3 is 2.68 bits per heavy atom. The summed E-state index contributed by atoms with van der Waals surface area (Å²) in [5.41, 5.74) is 5.44. The van der Waals surface area contributed by atoms with Crippen molar-refractivity contribution in [1.82, 2.24) is 15.0 Å². The van der Waals surface area contributed by atoms with Gasteiger partial charge in [-0.25, -0.2) is 9.97 Å². The Morgan fingerprint density at radius 2 is 1.95 bits per heavy atom. The van der Waals surface area contributed by atoms with Gasteiger partial charge in [0.15, 0.2) is 0 Å². The van der Waals surface area contributed by atoms with Gasteiger partial charge >= 0.3 is 0 Å². The van der Waals surface area contributed by atoms with E-state index in [0.29, 0.717) is 5.92 Å². The SMILES string of the molecule is Cc1nc(C2CC2)nc2cc(-c3ccccc3)[nH]c12.[HH]. The van der Waals surface area contributed by atoms with Gasteiger partial charge in [-0.1, -0.05) is 30.3 Å². The third-order valence-corrected chi connectivity index (χ3v) is 3.70. The van der Waals surface area contributed by atoms with E-state index in [-0.39, 0.29) is 1.43 Å². The van der Waals surface area contributed by atoms with Crippen molar-refractivity contribution in [1.29, 1.82) is 0 Å². The maximum absolute atomic E-state index is 4.70. The van der Waals surface area contributed by atoms with E-state index < -0.39 is 0 Å². The van der Waals surface area contributed by atoms with Crippen LogP contribution < -0.4 is 0 Å². The number of fused-ring (bicyclic) bond motifs is 1. The van der Waals surface area contributed by atoms with Crippen molar-refractivity contribution in [2.75, 3.05) is 0 Å². The minimum Gasteiger partial charge on any atom is -0.352 e. The minimum absolute atomic E-state index is 0. The first-order valence-electron chi connectivity index (χ1n) is 6.74. The van der Waals surface area contributed by atoms with E-state index in [1.54, 1.807) is 0 Å². The number of hydrogen-bond donors (Lipinski definition) is 1. The molecular formula is C16H17N3. The summed E-state index contributed by atoms with van der Waals surface area (Å²) >= 11 is 0. The first-order valence-corrected chi connectivity index (χ1v) is 6.74. The molecule has 4 rings (SSSR count). The Balaban J connectivity index is 0.00000121. The molecule has 0 bridgehead atoms. The molecule has 0 unspecified atom stereocenters. The minimum atomic E-state index is 0. The van der Waals surface area contributed by atoms with Crippen molar-refractivity contribution in [2.45, 2.75) is 25.7 Å². The van der Waals surface area contributed by atoms with Gasteiger partial charge < -0.3 is 4.98 Å². The summed E-state index contributed by atoms with van der Waals surface area (Å²) in [7, 11) is 0. The van der Waals surface area contributed by atoms with Crippen LogP contribution in [0.3, 0.4) is 0 Å². The van der Waals surface area contributed by atoms with Gasteiger partial charge in [0.05, 0.1) is 16.7 Å². The molecule has 3 heteroatoms. The van der Waals surface area contributed by atoms with E-state index in [1.165, 1.54) is 18.4 Å². The molecule has 2 aromatic heterocycles. The van der Waals surface area contributed by atoms with Gasteiger partial charge in [-0.05, 0) is 31.4 Å². The molecule has 0 aliphatic heterocycles. The molecule has 1 saturated carbocycles. The molecule has 1 aromatic carbocycles. The highest BCUT2D eigenvalue weighted by Gasteiger charge is 2.27. The zero-order valence-corrected chi connectivity index (χ0v) is 10.9. The average molecular weight is 251 g/mol. The second-order valence-electron chi connectivity index (χ2n) is 5.25. The van der Waals surface area contributed by atoms with Crippen molar-refractivity contribution in [2.24, 2.45) is 0 Å². The van der Waals surface area contributed by atoms with Crippen LogP contribution in [0.15, 0.2) is 36.4 Å². The van der Waals surface area contributed by atoms with Gasteiger partial charge in [-0.2, -0.15) is 0 Å². The summed E-state index contributed by atoms with van der Waals surface area (Å²) in [5.74, 6) is 1.61. The van der Waals surface area contributed by atoms with E-state index in [1.807, 2.05) is 6.07 Å². The highest BCUT2D eigenvalue weighted by atomic mass is 14.9. The lowest BCUT2D eigenvalue weighted by Crippen LogP contribution is -1.95. The monoisotopic (exact) mass is 251 g/mol. The topological polar surface area (TPSA) is 41.6 Å². The van der Waals surface area contributed by atoms with Crippen molar-refractivity contribution in [3.63, 3.8) is 0 Å². The van der Waals surface area contributed by atoms with E-state index in [9.17, 15) is 0 Å². The van der Waals surface area contributed by atoms with Crippen molar-refractivity contribution in [3.8, 4) is 11.3 Å². The fraction of sp³-hybridized carbons (Fsp3) is 0.250. The molecule has 1 aliphatic carbocycles. The average Bonchev–Trinajstić information content (AvgIpc) is 3.19. The lowest BCUT2D eigenvalue weighted by molar-refractivity contribution is 0.928. The van der Waals surface area contributed by atoms with Crippen molar-refractivity contribution < 1.29 is 1.43 Å². The van der Waals surface area contributed by atoms with Crippen LogP contribution in [-0.4, -0.2) is 15.0 Å². The number of aryl methyl sites for hydroxylation is 1. The predicted molar refractivity (Wildman–Crippen MR) is 78.2 cm³/mol. The molecule has 0 atom stereocenters. The smallest absolute Gasteiger partial charge is 0.132 e. The molecule has 1 aliphatic rings. The largest absolute Gasteiger partial charge is 0.352 e. The fourth-order valence-electron chi connectivity index (χ4n) is 2.48. The lowest BCUT2D eigenvalue weighted by Gasteiger charge is -2.00. The standard InChI is InChI=1S/C16H15N3.H2/c1-10-15-14(19-16(17-10)12-7-8-12)9-13(18-15)11-5-3-2-4-6-11;/h2-6,9,12,18H,7-8H2,1H3;1H. The third kappa shape index (κ3) is 1.82. The van der Waals surface area contributed by atoms with Gasteiger partial charge in [0.25, 0.3) is 0 Å². The number of H-pyrrole nitrogens is 1. The van der Waals surface area contributed by atoms with Gasteiger partial charge in [-0.15, -0.1) is 0 Å². The normalized spacial score (nSPS) is 15.0. The van der Waals surface area contributed by atoms with E-state index >= 15 is 0 Å². The summed E-state index contributed by atoms with van der Waals surface area (Å²) in [5, 5.41) is 0. The van der Waals surface area contributed by atoms with Crippen molar-refractivity contribution in [3.05, 3.63) is 47.9 Å². The van der Waals surface area contributed by atoms with Crippen molar-refractivity contribution >= 4 is 11.0 Å². The lowest BCUT2D eigenvalue weighted by atomic mass is 10.2. The Labute approximate surface area is 113 Å². The summed E-state index contributed by atoms with van der Waals surface area (Å²) in [4.78, 5) is 12.8. The molecule has 3 nitrogen and oxygen atoms in total. The third-order valence-electron chi connectivity index (χ3n) is 3.70.